The molecule has 0 aromatic heterocycles. The van der Waals surface area contributed by atoms with E-state index in [1.807, 2.05) is 0 Å². The SMILES string of the molecule is Cc1ccc(NCCN(CC(C)C)C2CC2)cc1. The van der Waals surface area contributed by atoms with Gasteiger partial charge in [-0.1, -0.05) is 31.5 Å². The largest absolute Gasteiger partial charge is 0.384 e. The average molecular weight is 246 g/mol. The number of hydrogen-bond donors (Lipinski definition) is 1. The second-order valence-corrected chi connectivity index (χ2v) is 5.91. The van der Waals surface area contributed by atoms with Crippen LogP contribution in [0, 0.1) is 12.8 Å². The van der Waals surface area contributed by atoms with Crippen LogP contribution in [0.3, 0.4) is 0 Å². The Kier molecular flexibility index (Phi) is 4.65. The second kappa shape index (κ2) is 6.24. The molecule has 2 nitrogen and oxygen atoms in total. The first-order valence-corrected chi connectivity index (χ1v) is 7.20. The number of nitrogens with one attached hydrogen (secondary N) is 1. The van der Waals surface area contributed by atoms with E-state index in [4.69, 9.17) is 0 Å². The predicted molar refractivity (Wildman–Crippen MR) is 79.1 cm³/mol. The summed E-state index contributed by atoms with van der Waals surface area (Å²) in [7, 11) is 0. The average Bonchev–Trinajstić information content (AvgIpc) is 3.14. The van der Waals surface area contributed by atoms with Gasteiger partial charge in [0.1, 0.15) is 0 Å². The van der Waals surface area contributed by atoms with Crippen molar-refractivity contribution in [3.05, 3.63) is 29.8 Å². The van der Waals surface area contributed by atoms with Crippen LogP contribution < -0.4 is 5.32 Å². The Bertz CT molecular complexity index is 352. The molecule has 100 valence electrons. The minimum absolute atomic E-state index is 0.768. The van der Waals surface area contributed by atoms with E-state index in [2.05, 4.69) is 55.3 Å². The Morgan fingerprint density at radius 3 is 2.44 bits per heavy atom. The second-order valence-electron chi connectivity index (χ2n) is 5.91. The normalized spacial score (nSPS) is 15.4. The van der Waals surface area contributed by atoms with Gasteiger partial charge in [0.2, 0.25) is 0 Å². The van der Waals surface area contributed by atoms with Gasteiger partial charge in [-0.25, -0.2) is 0 Å². The minimum Gasteiger partial charge on any atom is -0.384 e. The van der Waals surface area contributed by atoms with E-state index in [1.54, 1.807) is 0 Å². The maximum Gasteiger partial charge on any atom is 0.0340 e. The number of hydrogen-bond acceptors (Lipinski definition) is 2. The highest BCUT2D eigenvalue weighted by Gasteiger charge is 2.28. The van der Waals surface area contributed by atoms with Crippen molar-refractivity contribution in [2.75, 3.05) is 25.0 Å². The highest BCUT2D eigenvalue weighted by Crippen LogP contribution is 2.27. The number of anilines is 1. The van der Waals surface area contributed by atoms with Crippen LogP contribution in [0.4, 0.5) is 5.69 Å². The monoisotopic (exact) mass is 246 g/mol. The van der Waals surface area contributed by atoms with Crippen molar-refractivity contribution in [3.63, 3.8) is 0 Å². The summed E-state index contributed by atoms with van der Waals surface area (Å²) in [5.74, 6) is 0.768. The predicted octanol–water partition coefficient (Wildman–Crippen LogP) is 3.53. The molecule has 2 heteroatoms. The van der Waals surface area contributed by atoms with Gasteiger partial charge in [0.25, 0.3) is 0 Å². The molecule has 0 bridgehead atoms. The first kappa shape index (κ1) is 13.4. The highest BCUT2D eigenvalue weighted by atomic mass is 15.2. The maximum absolute atomic E-state index is 3.52. The molecule has 0 radical (unpaired) electrons. The smallest absolute Gasteiger partial charge is 0.0340 e. The summed E-state index contributed by atoms with van der Waals surface area (Å²) in [5.41, 5.74) is 2.56. The third kappa shape index (κ3) is 4.34. The van der Waals surface area contributed by atoms with Crippen LogP contribution in [-0.4, -0.2) is 30.6 Å². The Morgan fingerprint density at radius 1 is 1.22 bits per heavy atom. The minimum atomic E-state index is 0.768. The van der Waals surface area contributed by atoms with Gasteiger partial charge < -0.3 is 5.32 Å². The van der Waals surface area contributed by atoms with Crippen molar-refractivity contribution < 1.29 is 0 Å². The van der Waals surface area contributed by atoms with Gasteiger partial charge in [0.15, 0.2) is 0 Å². The van der Waals surface area contributed by atoms with E-state index in [-0.39, 0.29) is 0 Å². The number of benzene rings is 1. The molecule has 1 aromatic carbocycles. The van der Waals surface area contributed by atoms with Crippen LogP contribution in [0.15, 0.2) is 24.3 Å². The van der Waals surface area contributed by atoms with Crippen LogP contribution in [0.5, 0.6) is 0 Å². The molecule has 1 aliphatic carbocycles. The molecule has 0 atom stereocenters. The lowest BCUT2D eigenvalue weighted by Crippen LogP contribution is -2.34. The zero-order chi connectivity index (χ0) is 13.0. The third-order valence-electron chi connectivity index (χ3n) is 3.44. The van der Waals surface area contributed by atoms with E-state index in [0.717, 1.165) is 25.0 Å². The zero-order valence-electron chi connectivity index (χ0n) is 11.9. The van der Waals surface area contributed by atoms with Crippen molar-refractivity contribution in [2.45, 2.75) is 39.7 Å². The van der Waals surface area contributed by atoms with Gasteiger partial charge in [-0.2, -0.15) is 0 Å². The van der Waals surface area contributed by atoms with Gasteiger partial charge >= 0.3 is 0 Å². The highest BCUT2D eigenvalue weighted by molar-refractivity contribution is 5.44. The van der Waals surface area contributed by atoms with Gasteiger partial charge in [0, 0.05) is 31.4 Å². The Morgan fingerprint density at radius 2 is 1.89 bits per heavy atom. The van der Waals surface area contributed by atoms with Crippen molar-refractivity contribution in [3.8, 4) is 0 Å². The fourth-order valence-electron chi connectivity index (χ4n) is 2.35. The van der Waals surface area contributed by atoms with Gasteiger partial charge in [-0.15, -0.1) is 0 Å². The van der Waals surface area contributed by atoms with Crippen LogP contribution in [0.1, 0.15) is 32.3 Å². The van der Waals surface area contributed by atoms with Gasteiger partial charge in [-0.05, 0) is 37.8 Å². The first-order valence-electron chi connectivity index (χ1n) is 7.20. The van der Waals surface area contributed by atoms with E-state index >= 15 is 0 Å². The van der Waals surface area contributed by atoms with Crippen molar-refractivity contribution in [2.24, 2.45) is 5.92 Å². The van der Waals surface area contributed by atoms with Crippen LogP contribution in [-0.2, 0) is 0 Å². The summed E-state index contributed by atoms with van der Waals surface area (Å²) in [6.07, 6.45) is 2.80. The number of rotatable bonds is 7. The molecule has 0 spiro atoms. The number of aryl methyl sites for hydroxylation is 1. The van der Waals surface area contributed by atoms with Crippen molar-refractivity contribution >= 4 is 5.69 Å². The Labute approximate surface area is 111 Å². The summed E-state index contributed by atoms with van der Waals surface area (Å²) in [4.78, 5) is 2.64. The molecular formula is C16H26N2. The molecule has 1 saturated carbocycles. The number of nitrogens with zero attached hydrogens (tertiary/aromatic N) is 1. The molecule has 0 aliphatic heterocycles. The third-order valence-corrected chi connectivity index (χ3v) is 3.44. The van der Waals surface area contributed by atoms with Crippen LogP contribution in [0.25, 0.3) is 0 Å². The van der Waals surface area contributed by atoms with Gasteiger partial charge in [-0.3, -0.25) is 4.90 Å². The van der Waals surface area contributed by atoms with E-state index < -0.39 is 0 Å². The summed E-state index contributed by atoms with van der Waals surface area (Å²) in [6.45, 7) is 10.2. The van der Waals surface area contributed by atoms with Crippen molar-refractivity contribution in [1.29, 1.82) is 0 Å². The van der Waals surface area contributed by atoms with Crippen LogP contribution in [0.2, 0.25) is 0 Å². The standard InChI is InChI=1S/C16H26N2/c1-13(2)12-18(16-8-9-16)11-10-17-15-6-4-14(3)5-7-15/h4-7,13,16-17H,8-12H2,1-3H3. The zero-order valence-corrected chi connectivity index (χ0v) is 11.9. The molecule has 0 heterocycles. The Hall–Kier alpha value is -1.02. The topological polar surface area (TPSA) is 15.3 Å². The molecular weight excluding hydrogens is 220 g/mol. The first-order chi connectivity index (χ1) is 8.65. The summed E-state index contributed by atoms with van der Waals surface area (Å²) in [6, 6.07) is 9.52. The van der Waals surface area contributed by atoms with E-state index in [9.17, 15) is 0 Å². The lowest BCUT2D eigenvalue weighted by Gasteiger charge is -2.24. The molecule has 1 aromatic rings. The lowest BCUT2D eigenvalue weighted by molar-refractivity contribution is 0.243. The molecule has 2 rings (SSSR count). The summed E-state index contributed by atoms with van der Waals surface area (Å²) < 4.78 is 0. The Balaban J connectivity index is 1.74. The molecule has 0 amide bonds. The lowest BCUT2D eigenvalue weighted by atomic mass is 10.2. The maximum atomic E-state index is 3.52. The molecule has 0 saturated heterocycles. The van der Waals surface area contributed by atoms with Crippen LogP contribution >= 0.6 is 0 Å². The molecule has 0 unspecified atom stereocenters. The molecule has 1 N–H and O–H groups in total. The molecule has 1 fully saturated rings. The summed E-state index contributed by atoms with van der Waals surface area (Å²) >= 11 is 0. The van der Waals surface area contributed by atoms with E-state index in [1.165, 1.54) is 30.6 Å². The van der Waals surface area contributed by atoms with Gasteiger partial charge in [0.05, 0.1) is 0 Å². The fourth-order valence-corrected chi connectivity index (χ4v) is 2.35. The quantitative estimate of drug-likeness (QED) is 0.792. The molecule has 18 heavy (non-hydrogen) atoms. The molecule has 1 aliphatic rings. The van der Waals surface area contributed by atoms with E-state index in [0.29, 0.717) is 0 Å². The fraction of sp³-hybridized carbons (Fsp3) is 0.625. The van der Waals surface area contributed by atoms with Crippen molar-refractivity contribution in [1.82, 2.24) is 4.90 Å². The summed E-state index contributed by atoms with van der Waals surface area (Å²) in [5, 5.41) is 3.52.